The van der Waals surface area contributed by atoms with Crippen LogP contribution < -0.4 is 29.1 Å². The topological polar surface area (TPSA) is 88.4 Å². The van der Waals surface area contributed by atoms with Crippen molar-refractivity contribution in [3.05, 3.63) is 115 Å². The zero-order valence-electron chi connectivity index (χ0n) is 22.5. The number of fused-ring (bicyclic) bond motifs is 1. The molecule has 0 aliphatic carbocycles. The van der Waals surface area contributed by atoms with Gasteiger partial charge in [-0.2, -0.15) is 0 Å². The smallest absolute Gasteiger partial charge is 0.338 e. The minimum absolute atomic E-state index is 0.176. The van der Waals surface area contributed by atoms with Crippen LogP contribution in [0.4, 0.5) is 0 Å². The summed E-state index contributed by atoms with van der Waals surface area (Å²) in [4.78, 5) is 33.0. The summed E-state index contributed by atoms with van der Waals surface area (Å²) in [5.74, 6) is 1.28. The summed E-state index contributed by atoms with van der Waals surface area (Å²) in [6, 6.07) is 21.3. The van der Waals surface area contributed by atoms with E-state index in [-0.39, 0.29) is 17.7 Å². The van der Waals surface area contributed by atoms with E-state index in [1.54, 1.807) is 57.1 Å². The quantitative estimate of drug-likeness (QED) is 0.306. The van der Waals surface area contributed by atoms with Crippen LogP contribution in [0.5, 0.6) is 17.2 Å². The Morgan fingerprint density at radius 2 is 1.70 bits per heavy atom. The van der Waals surface area contributed by atoms with E-state index < -0.39 is 12.0 Å². The van der Waals surface area contributed by atoms with Gasteiger partial charge in [0.05, 0.1) is 49.8 Å². The molecular weight excluding hydrogens is 528 g/mol. The summed E-state index contributed by atoms with van der Waals surface area (Å²) in [6.07, 6.45) is 1.75. The molecule has 0 saturated heterocycles. The van der Waals surface area contributed by atoms with Crippen molar-refractivity contribution in [3.63, 3.8) is 0 Å². The number of ether oxygens (including phenoxy) is 4. The number of rotatable bonds is 8. The highest BCUT2D eigenvalue weighted by Crippen LogP contribution is 2.36. The van der Waals surface area contributed by atoms with Gasteiger partial charge < -0.3 is 18.9 Å². The normalized spacial score (nSPS) is 14.8. The van der Waals surface area contributed by atoms with E-state index in [1.165, 1.54) is 11.3 Å². The van der Waals surface area contributed by atoms with Gasteiger partial charge in [-0.3, -0.25) is 9.36 Å². The monoisotopic (exact) mass is 556 g/mol. The van der Waals surface area contributed by atoms with Crippen LogP contribution in [0.15, 0.2) is 88.2 Å². The number of methoxy groups -OCH3 is 3. The van der Waals surface area contributed by atoms with Crippen LogP contribution in [0.1, 0.15) is 29.7 Å². The highest BCUT2D eigenvalue weighted by Gasteiger charge is 2.35. The minimum Gasteiger partial charge on any atom is -0.497 e. The molecule has 2 heterocycles. The number of esters is 1. The van der Waals surface area contributed by atoms with Gasteiger partial charge >= 0.3 is 5.97 Å². The lowest BCUT2D eigenvalue weighted by Gasteiger charge is -2.26. The Morgan fingerprint density at radius 1 is 0.950 bits per heavy atom. The molecule has 5 rings (SSSR count). The van der Waals surface area contributed by atoms with Crippen LogP contribution in [0.3, 0.4) is 0 Å². The van der Waals surface area contributed by atoms with Gasteiger partial charge in [-0.1, -0.05) is 53.8 Å². The first-order valence-electron chi connectivity index (χ1n) is 12.6. The van der Waals surface area contributed by atoms with Crippen LogP contribution in [-0.4, -0.2) is 38.5 Å². The fourth-order valence-corrected chi connectivity index (χ4v) is 5.65. The van der Waals surface area contributed by atoms with Gasteiger partial charge in [0, 0.05) is 11.1 Å². The largest absolute Gasteiger partial charge is 0.497 e. The molecule has 1 aliphatic rings. The highest BCUT2D eigenvalue weighted by molar-refractivity contribution is 7.07. The van der Waals surface area contributed by atoms with E-state index >= 15 is 0 Å². The van der Waals surface area contributed by atoms with E-state index in [4.69, 9.17) is 23.9 Å². The first-order chi connectivity index (χ1) is 19.5. The van der Waals surface area contributed by atoms with E-state index in [0.29, 0.717) is 43.4 Å². The van der Waals surface area contributed by atoms with Crippen LogP contribution in [0.25, 0.3) is 11.8 Å². The average molecular weight is 557 g/mol. The Morgan fingerprint density at radius 3 is 2.40 bits per heavy atom. The third-order valence-electron chi connectivity index (χ3n) is 6.51. The van der Waals surface area contributed by atoms with Crippen molar-refractivity contribution in [2.45, 2.75) is 13.0 Å². The molecule has 0 fully saturated rings. The van der Waals surface area contributed by atoms with E-state index in [2.05, 4.69) is 0 Å². The average Bonchev–Trinajstić information content (AvgIpc) is 3.30. The first kappa shape index (κ1) is 27.0. The Bertz CT molecular complexity index is 1770. The molecule has 0 saturated carbocycles. The van der Waals surface area contributed by atoms with Gasteiger partial charge in [0.15, 0.2) is 4.80 Å². The van der Waals surface area contributed by atoms with Crippen molar-refractivity contribution in [1.29, 1.82) is 0 Å². The first-order valence-corrected chi connectivity index (χ1v) is 13.4. The Labute approximate surface area is 235 Å². The van der Waals surface area contributed by atoms with Crippen LogP contribution in [0.2, 0.25) is 0 Å². The molecule has 1 aromatic heterocycles. The summed E-state index contributed by atoms with van der Waals surface area (Å²) in [5.41, 5.74) is 2.55. The highest BCUT2D eigenvalue weighted by atomic mass is 32.1. The predicted octanol–water partition coefficient (Wildman–Crippen LogP) is 3.96. The summed E-state index contributed by atoms with van der Waals surface area (Å²) < 4.78 is 23.9. The third-order valence-corrected chi connectivity index (χ3v) is 7.49. The molecule has 1 unspecified atom stereocenters. The molecule has 1 aliphatic heterocycles. The van der Waals surface area contributed by atoms with Crippen molar-refractivity contribution in [2.24, 2.45) is 4.99 Å². The predicted molar refractivity (Wildman–Crippen MR) is 154 cm³/mol. The molecular formula is C31H28N2O6S. The molecule has 40 heavy (non-hydrogen) atoms. The van der Waals surface area contributed by atoms with Crippen LogP contribution >= 0.6 is 11.3 Å². The molecule has 8 nitrogen and oxygen atoms in total. The Balaban J connectivity index is 1.84. The molecule has 0 N–H and O–H groups in total. The maximum absolute atomic E-state index is 14.1. The number of aromatic nitrogens is 1. The van der Waals surface area contributed by atoms with Gasteiger partial charge in [0.2, 0.25) is 0 Å². The minimum atomic E-state index is -0.796. The van der Waals surface area contributed by atoms with E-state index in [0.717, 1.165) is 5.56 Å². The van der Waals surface area contributed by atoms with E-state index in [9.17, 15) is 9.59 Å². The molecule has 0 spiro atoms. The second kappa shape index (κ2) is 11.6. The molecule has 4 aromatic rings. The standard InChI is InChI=1S/C31H28N2O6S/c1-5-39-30(35)26-27(19-10-7-6-8-11-19)32-31-33(28(26)20-12-9-13-22(16-20)36-2)29(34)25(40-31)18-21-17-23(37-3)14-15-24(21)38-4/h6-18,28H,5H2,1-4H3/b25-18-. The lowest BCUT2D eigenvalue weighted by Crippen LogP contribution is -2.40. The SMILES string of the molecule is CCOC(=O)C1=C(c2ccccc2)N=c2s/c(=C\c3cc(OC)ccc3OC)c(=O)n2C1c1cccc(OC)c1. The molecule has 3 aromatic carbocycles. The van der Waals surface area contributed by atoms with Crippen molar-refractivity contribution >= 4 is 29.1 Å². The summed E-state index contributed by atoms with van der Waals surface area (Å²) >= 11 is 1.24. The van der Waals surface area contributed by atoms with Gasteiger partial charge in [0.25, 0.3) is 5.56 Å². The number of benzene rings is 3. The number of hydrogen-bond donors (Lipinski definition) is 0. The summed E-state index contributed by atoms with van der Waals surface area (Å²) in [5, 5.41) is 0. The number of hydrogen-bond acceptors (Lipinski definition) is 8. The Kier molecular flexibility index (Phi) is 7.84. The molecule has 0 amide bonds. The van der Waals surface area contributed by atoms with Crippen molar-refractivity contribution < 1.29 is 23.7 Å². The molecule has 204 valence electrons. The second-order valence-corrected chi connectivity index (χ2v) is 9.83. The van der Waals surface area contributed by atoms with Crippen molar-refractivity contribution in [3.8, 4) is 17.2 Å². The molecule has 0 radical (unpaired) electrons. The zero-order valence-corrected chi connectivity index (χ0v) is 23.4. The number of carbonyl (C=O) groups excluding carboxylic acids is 1. The van der Waals surface area contributed by atoms with Crippen molar-refractivity contribution in [1.82, 2.24) is 4.57 Å². The van der Waals surface area contributed by atoms with Gasteiger partial charge in [-0.25, -0.2) is 9.79 Å². The van der Waals surface area contributed by atoms with Crippen LogP contribution in [0, 0.1) is 0 Å². The fraction of sp³-hybridized carbons (Fsp3) is 0.194. The van der Waals surface area contributed by atoms with Crippen molar-refractivity contribution in [2.75, 3.05) is 27.9 Å². The van der Waals surface area contributed by atoms with Gasteiger partial charge in [-0.15, -0.1) is 0 Å². The lowest BCUT2D eigenvalue weighted by molar-refractivity contribution is -0.138. The van der Waals surface area contributed by atoms with Crippen LogP contribution in [-0.2, 0) is 9.53 Å². The second-order valence-electron chi connectivity index (χ2n) is 8.82. The maximum Gasteiger partial charge on any atom is 0.338 e. The number of nitrogens with zero attached hydrogens (tertiary/aromatic N) is 2. The lowest BCUT2D eigenvalue weighted by atomic mass is 9.93. The number of carbonyl (C=O) groups is 1. The molecule has 1 atom stereocenters. The Hall–Kier alpha value is -4.63. The van der Waals surface area contributed by atoms with Gasteiger partial charge in [-0.05, 0) is 48.9 Å². The zero-order chi connectivity index (χ0) is 28.2. The molecule has 9 heteroatoms. The summed E-state index contributed by atoms with van der Waals surface area (Å²) in [6.45, 7) is 1.92. The van der Waals surface area contributed by atoms with Gasteiger partial charge in [0.1, 0.15) is 17.2 Å². The third kappa shape index (κ3) is 5.03. The van der Waals surface area contributed by atoms with E-state index in [1.807, 2.05) is 54.6 Å². The number of thiazole rings is 1. The summed E-state index contributed by atoms with van der Waals surface area (Å²) in [7, 11) is 4.72. The fourth-order valence-electron chi connectivity index (χ4n) is 4.66. The molecule has 0 bridgehead atoms. The maximum atomic E-state index is 14.1.